The number of nitrogens with zero attached hydrogens (tertiary/aromatic N) is 2. The molecule has 0 radical (unpaired) electrons. The van der Waals surface area contributed by atoms with E-state index < -0.39 is 0 Å². The molecule has 0 atom stereocenters. The third-order valence-corrected chi connectivity index (χ3v) is 2.63. The zero-order valence-electron chi connectivity index (χ0n) is 7.16. The molecule has 68 valence electrons. The predicted molar refractivity (Wildman–Crippen MR) is 53.6 cm³/mol. The lowest BCUT2D eigenvalue weighted by atomic mass is 10.3. The van der Waals surface area contributed by atoms with Crippen LogP contribution in [0.5, 0.6) is 0 Å². The van der Waals surface area contributed by atoms with Crippen molar-refractivity contribution >= 4 is 21.6 Å². The number of aliphatic hydroxyl groups is 1. The van der Waals surface area contributed by atoms with Gasteiger partial charge < -0.3 is 9.51 Å². The van der Waals surface area contributed by atoms with E-state index in [0.29, 0.717) is 0 Å². The Balaban J connectivity index is 2.72. The van der Waals surface area contributed by atoms with Crippen molar-refractivity contribution in [3.8, 4) is 0 Å². The average Bonchev–Trinajstić information content (AvgIpc) is 2.42. The molecule has 2 rings (SSSR count). The Kier molecular flexibility index (Phi) is 2.09. The summed E-state index contributed by atoms with van der Waals surface area (Å²) >= 11 is 3.38. The summed E-state index contributed by atoms with van der Waals surface area (Å²) in [5, 5.41) is 9.02. The molecule has 0 aliphatic rings. The second-order valence-electron chi connectivity index (χ2n) is 2.95. The molecule has 2 heterocycles. The molecule has 13 heavy (non-hydrogen) atoms. The minimum Gasteiger partial charge on any atom is -0.392 e. The van der Waals surface area contributed by atoms with Gasteiger partial charge in [0.15, 0.2) is 0 Å². The summed E-state index contributed by atoms with van der Waals surface area (Å²) in [7, 11) is 0. The molecule has 0 aliphatic heterocycles. The van der Waals surface area contributed by atoms with Crippen molar-refractivity contribution < 1.29 is 5.11 Å². The van der Waals surface area contributed by atoms with Crippen LogP contribution in [0.1, 0.15) is 11.3 Å². The van der Waals surface area contributed by atoms with Crippen molar-refractivity contribution in [2.75, 3.05) is 0 Å². The molecule has 0 fully saturated rings. The van der Waals surface area contributed by atoms with Crippen molar-refractivity contribution in [3.05, 3.63) is 34.2 Å². The number of imidazole rings is 1. The molecular weight excluding hydrogens is 232 g/mol. The van der Waals surface area contributed by atoms with Gasteiger partial charge in [-0.3, -0.25) is 0 Å². The van der Waals surface area contributed by atoms with Gasteiger partial charge >= 0.3 is 0 Å². The largest absolute Gasteiger partial charge is 0.392 e. The van der Waals surface area contributed by atoms with Gasteiger partial charge in [0, 0.05) is 16.9 Å². The highest BCUT2D eigenvalue weighted by Crippen LogP contribution is 2.18. The summed E-state index contributed by atoms with van der Waals surface area (Å²) in [6, 6.07) is 1.87. The van der Waals surface area contributed by atoms with Crippen molar-refractivity contribution in [3.63, 3.8) is 0 Å². The zero-order valence-corrected chi connectivity index (χ0v) is 8.74. The zero-order chi connectivity index (χ0) is 9.42. The maximum absolute atomic E-state index is 9.02. The van der Waals surface area contributed by atoms with Crippen LogP contribution in [-0.4, -0.2) is 14.5 Å². The van der Waals surface area contributed by atoms with E-state index >= 15 is 0 Å². The Hall–Kier alpha value is -0.870. The van der Waals surface area contributed by atoms with E-state index in [0.717, 1.165) is 21.4 Å². The Bertz CT molecular complexity index is 450. The maximum Gasteiger partial charge on any atom is 0.137 e. The van der Waals surface area contributed by atoms with Crippen LogP contribution in [0.4, 0.5) is 0 Å². The van der Waals surface area contributed by atoms with Crippen LogP contribution in [0.25, 0.3) is 5.65 Å². The van der Waals surface area contributed by atoms with E-state index in [1.807, 2.05) is 29.8 Å². The molecule has 0 aliphatic carbocycles. The third kappa shape index (κ3) is 1.47. The summed E-state index contributed by atoms with van der Waals surface area (Å²) in [4.78, 5) is 4.29. The monoisotopic (exact) mass is 240 g/mol. The summed E-state index contributed by atoms with van der Waals surface area (Å²) in [6.07, 6.45) is 3.85. The van der Waals surface area contributed by atoms with Gasteiger partial charge in [-0.1, -0.05) is 0 Å². The lowest BCUT2D eigenvalue weighted by Crippen LogP contribution is -1.90. The Labute approximate surface area is 84.2 Å². The fourth-order valence-electron chi connectivity index (χ4n) is 1.30. The molecular formula is C9H9BrN2O. The van der Waals surface area contributed by atoms with Gasteiger partial charge in [0.1, 0.15) is 5.65 Å². The van der Waals surface area contributed by atoms with Gasteiger partial charge in [0.05, 0.1) is 12.3 Å². The van der Waals surface area contributed by atoms with Crippen LogP contribution in [0.2, 0.25) is 0 Å². The molecule has 0 spiro atoms. The van der Waals surface area contributed by atoms with Crippen molar-refractivity contribution in [2.45, 2.75) is 13.5 Å². The van der Waals surface area contributed by atoms with Crippen LogP contribution in [0.3, 0.4) is 0 Å². The first kappa shape index (κ1) is 8.72. The lowest BCUT2D eigenvalue weighted by molar-refractivity contribution is 0.281. The first-order valence-electron chi connectivity index (χ1n) is 3.95. The molecule has 0 saturated heterocycles. The molecule has 0 saturated carbocycles. The predicted octanol–water partition coefficient (Wildman–Crippen LogP) is 1.90. The second-order valence-corrected chi connectivity index (χ2v) is 3.81. The van der Waals surface area contributed by atoms with Crippen LogP contribution >= 0.6 is 15.9 Å². The second kappa shape index (κ2) is 3.12. The molecule has 2 aromatic heterocycles. The van der Waals surface area contributed by atoms with Crippen molar-refractivity contribution in [2.24, 2.45) is 0 Å². The minimum atomic E-state index is 0.0307. The van der Waals surface area contributed by atoms with Crippen LogP contribution in [0, 0.1) is 6.92 Å². The van der Waals surface area contributed by atoms with Gasteiger partial charge in [0.2, 0.25) is 0 Å². The molecule has 0 bridgehead atoms. The van der Waals surface area contributed by atoms with Gasteiger partial charge in [-0.2, -0.15) is 0 Å². The fraction of sp³-hybridized carbons (Fsp3) is 0.222. The van der Waals surface area contributed by atoms with Crippen molar-refractivity contribution in [1.29, 1.82) is 0 Å². The highest BCUT2D eigenvalue weighted by molar-refractivity contribution is 9.10. The summed E-state index contributed by atoms with van der Waals surface area (Å²) < 4.78 is 2.83. The van der Waals surface area contributed by atoms with E-state index in [1.54, 1.807) is 0 Å². The number of aryl methyl sites for hydroxylation is 1. The SMILES string of the molecule is Cc1cn2cc(Br)c(CO)cc2n1. The molecule has 1 N–H and O–H groups in total. The van der Waals surface area contributed by atoms with Crippen molar-refractivity contribution in [1.82, 2.24) is 9.38 Å². The topological polar surface area (TPSA) is 37.5 Å². The number of hydrogen-bond acceptors (Lipinski definition) is 2. The first-order valence-corrected chi connectivity index (χ1v) is 4.74. The van der Waals surface area contributed by atoms with E-state index in [2.05, 4.69) is 20.9 Å². The van der Waals surface area contributed by atoms with Gasteiger partial charge in [-0.25, -0.2) is 4.98 Å². The summed E-state index contributed by atoms with van der Waals surface area (Å²) in [5.41, 5.74) is 2.70. The van der Waals surface area contributed by atoms with Crippen LogP contribution in [0.15, 0.2) is 22.9 Å². The molecule has 4 heteroatoms. The smallest absolute Gasteiger partial charge is 0.137 e. The molecule has 0 aromatic carbocycles. The number of hydrogen-bond donors (Lipinski definition) is 1. The molecule has 3 nitrogen and oxygen atoms in total. The third-order valence-electron chi connectivity index (χ3n) is 1.91. The quantitative estimate of drug-likeness (QED) is 0.827. The normalized spacial score (nSPS) is 11.0. The number of aromatic nitrogens is 2. The van der Waals surface area contributed by atoms with Gasteiger partial charge in [-0.15, -0.1) is 0 Å². The molecule has 0 amide bonds. The molecule has 2 aromatic rings. The Morgan fingerprint density at radius 2 is 2.31 bits per heavy atom. The highest BCUT2D eigenvalue weighted by Gasteiger charge is 2.03. The van der Waals surface area contributed by atoms with E-state index in [9.17, 15) is 0 Å². The van der Waals surface area contributed by atoms with Gasteiger partial charge in [0.25, 0.3) is 0 Å². The van der Waals surface area contributed by atoms with Gasteiger partial charge in [-0.05, 0) is 34.5 Å². The molecule has 0 unspecified atom stereocenters. The number of fused-ring (bicyclic) bond motifs is 1. The van der Waals surface area contributed by atoms with E-state index in [4.69, 9.17) is 5.11 Å². The number of rotatable bonds is 1. The Morgan fingerprint density at radius 1 is 1.54 bits per heavy atom. The Morgan fingerprint density at radius 3 is 3.00 bits per heavy atom. The standard InChI is InChI=1S/C9H9BrN2O/c1-6-3-12-4-8(10)7(5-13)2-9(12)11-6/h2-4,13H,5H2,1H3. The van der Waals surface area contributed by atoms with Crippen LogP contribution < -0.4 is 0 Å². The van der Waals surface area contributed by atoms with E-state index in [-0.39, 0.29) is 6.61 Å². The lowest BCUT2D eigenvalue weighted by Gasteiger charge is -2.00. The minimum absolute atomic E-state index is 0.0307. The number of pyridine rings is 1. The summed E-state index contributed by atoms with van der Waals surface area (Å²) in [6.45, 7) is 1.97. The highest BCUT2D eigenvalue weighted by atomic mass is 79.9. The average molecular weight is 241 g/mol. The maximum atomic E-state index is 9.02. The van der Waals surface area contributed by atoms with Crippen LogP contribution in [-0.2, 0) is 6.61 Å². The fourth-order valence-corrected chi connectivity index (χ4v) is 1.76. The number of halogens is 1. The number of aliphatic hydroxyl groups excluding tert-OH is 1. The van der Waals surface area contributed by atoms with E-state index in [1.165, 1.54) is 0 Å². The summed E-state index contributed by atoms with van der Waals surface area (Å²) in [5.74, 6) is 0. The first-order chi connectivity index (χ1) is 6.20.